The van der Waals surface area contributed by atoms with Gasteiger partial charge in [0.25, 0.3) is 0 Å². The molecule has 1 aromatic carbocycles. The summed E-state index contributed by atoms with van der Waals surface area (Å²) in [6.07, 6.45) is 11.6. The Balaban J connectivity index is 1.45. The van der Waals surface area contributed by atoms with Crippen LogP contribution in [0.5, 0.6) is 5.75 Å². The molecule has 4 nitrogen and oxygen atoms in total. The average molecular weight is 350 g/mol. The molecule has 0 atom stereocenters. The molecule has 1 amide bonds. The molecule has 0 bridgehead atoms. The zero-order valence-electron chi connectivity index (χ0n) is 15.2. The Labute approximate surface area is 155 Å². The number of carbonyl (C=O) groups excluding carboxylic acids is 1. The topological polar surface area (TPSA) is 51.2 Å². The number of hydrogen-bond acceptors (Lipinski definition) is 3. The molecule has 1 heterocycles. The number of nitrogens with zero attached hydrogens (tertiary/aromatic N) is 1. The first-order valence-corrected chi connectivity index (χ1v) is 9.29. The minimum Gasteiger partial charge on any atom is -0.489 e. The van der Waals surface area contributed by atoms with E-state index in [1.54, 1.807) is 18.5 Å². The Bertz CT molecular complexity index is 718. The number of rotatable bonds is 6. The number of aromatic nitrogens is 1. The monoisotopic (exact) mass is 350 g/mol. The molecule has 3 rings (SSSR count). The van der Waals surface area contributed by atoms with Crippen molar-refractivity contribution < 1.29 is 9.53 Å². The number of ether oxygens (including phenoxy) is 1. The first kappa shape index (κ1) is 18.2. The van der Waals surface area contributed by atoms with Crippen molar-refractivity contribution in [3.05, 3.63) is 66.0 Å². The summed E-state index contributed by atoms with van der Waals surface area (Å²) in [5, 5.41) is 3.10. The maximum absolute atomic E-state index is 12.1. The molecule has 1 saturated carbocycles. The van der Waals surface area contributed by atoms with Gasteiger partial charge in [0.1, 0.15) is 12.4 Å². The molecule has 0 spiro atoms. The second kappa shape index (κ2) is 9.18. The van der Waals surface area contributed by atoms with Crippen molar-refractivity contribution in [2.75, 3.05) is 0 Å². The van der Waals surface area contributed by atoms with Gasteiger partial charge in [0.15, 0.2) is 0 Å². The fourth-order valence-corrected chi connectivity index (χ4v) is 3.15. The van der Waals surface area contributed by atoms with Gasteiger partial charge in [-0.05, 0) is 61.4 Å². The zero-order chi connectivity index (χ0) is 18.2. The van der Waals surface area contributed by atoms with Crippen LogP contribution in [0.4, 0.5) is 0 Å². The summed E-state index contributed by atoms with van der Waals surface area (Å²) in [6, 6.07) is 11.9. The van der Waals surface area contributed by atoms with Crippen LogP contribution in [0.1, 0.15) is 43.7 Å². The summed E-state index contributed by atoms with van der Waals surface area (Å²) >= 11 is 0. The maximum Gasteiger partial charge on any atom is 0.244 e. The predicted octanol–water partition coefficient (Wildman–Crippen LogP) is 4.37. The lowest BCUT2D eigenvalue weighted by atomic mass is 9.87. The quantitative estimate of drug-likeness (QED) is 0.787. The molecule has 2 aromatic rings. The van der Waals surface area contributed by atoms with Crippen LogP contribution in [0.15, 0.2) is 54.9 Å². The Kier molecular flexibility index (Phi) is 6.42. The Morgan fingerprint density at radius 3 is 2.65 bits per heavy atom. The van der Waals surface area contributed by atoms with E-state index in [1.165, 1.54) is 12.8 Å². The van der Waals surface area contributed by atoms with Crippen molar-refractivity contribution in [1.82, 2.24) is 10.3 Å². The summed E-state index contributed by atoms with van der Waals surface area (Å²) in [4.78, 5) is 16.1. The standard InChI is InChI=1S/C22H26N2O2/c1-17-4-9-20(10-5-17)24-22(25)13-8-18-6-11-21(12-7-18)26-16-19-3-2-14-23-15-19/h2-3,6-8,11-15,17,20H,4-5,9-10,16H2,1H3,(H,24,25)/b13-8+. The number of hydrogen-bond donors (Lipinski definition) is 1. The minimum absolute atomic E-state index is 0.0125. The molecule has 1 aromatic heterocycles. The zero-order valence-corrected chi connectivity index (χ0v) is 15.2. The van der Waals surface area contributed by atoms with Crippen molar-refractivity contribution in [3.63, 3.8) is 0 Å². The Morgan fingerprint density at radius 1 is 1.19 bits per heavy atom. The van der Waals surface area contributed by atoms with Crippen LogP contribution >= 0.6 is 0 Å². The lowest BCUT2D eigenvalue weighted by molar-refractivity contribution is -0.117. The van der Waals surface area contributed by atoms with Gasteiger partial charge in [-0.25, -0.2) is 0 Å². The van der Waals surface area contributed by atoms with Gasteiger partial charge in [-0.3, -0.25) is 9.78 Å². The summed E-state index contributed by atoms with van der Waals surface area (Å²) in [5.74, 6) is 1.57. The smallest absolute Gasteiger partial charge is 0.244 e. The Morgan fingerprint density at radius 2 is 1.96 bits per heavy atom. The summed E-state index contributed by atoms with van der Waals surface area (Å²) in [5.41, 5.74) is 2.01. The first-order valence-electron chi connectivity index (χ1n) is 9.29. The van der Waals surface area contributed by atoms with Crippen molar-refractivity contribution in [2.45, 2.75) is 45.3 Å². The SMILES string of the molecule is CC1CCC(NC(=O)/C=C/c2ccc(OCc3cccnc3)cc2)CC1. The third-order valence-corrected chi connectivity index (χ3v) is 4.80. The van der Waals surface area contributed by atoms with E-state index in [9.17, 15) is 4.79 Å². The van der Waals surface area contributed by atoms with Gasteiger partial charge < -0.3 is 10.1 Å². The van der Waals surface area contributed by atoms with Crippen LogP contribution in [-0.2, 0) is 11.4 Å². The van der Waals surface area contributed by atoms with E-state index in [2.05, 4.69) is 17.2 Å². The third-order valence-electron chi connectivity index (χ3n) is 4.80. The third kappa shape index (κ3) is 5.73. The Hall–Kier alpha value is -2.62. The molecule has 4 heteroatoms. The normalized spacial score (nSPS) is 20.0. The molecule has 1 aliphatic rings. The predicted molar refractivity (Wildman–Crippen MR) is 104 cm³/mol. The molecule has 1 fully saturated rings. The fraction of sp³-hybridized carbons (Fsp3) is 0.364. The van der Waals surface area contributed by atoms with E-state index in [0.29, 0.717) is 12.6 Å². The summed E-state index contributed by atoms with van der Waals surface area (Å²) in [6.45, 7) is 2.77. The molecular formula is C22H26N2O2. The van der Waals surface area contributed by atoms with Crippen LogP contribution in [0.3, 0.4) is 0 Å². The van der Waals surface area contributed by atoms with Crippen molar-refractivity contribution in [3.8, 4) is 5.75 Å². The lowest BCUT2D eigenvalue weighted by Gasteiger charge is -2.26. The highest BCUT2D eigenvalue weighted by Crippen LogP contribution is 2.23. The highest BCUT2D eigenvalue weighted by molar-refractivity contribution is 5.91. The van der Waals surface area contributed by atoms with Crippen molar-refractivity contribution >= 4 is 12.0 Å². The van der Waals surface area contributed by atoms with Crippen molar-refractivity contribution in [1.29, 1.82) is 0 Å². The minimum atomic E-state index is -0.0125. The van der Waals surface area contributed by atoms with E-state index >= 15 is 0 Å². The number of carbonyl (C=O) groups is 1. The highest BCUT2D eigenvalue weighted by atomic mass is 16.5. The second-order valence-corrected chi connectivity index (χ2v) is 7.02. The fourth-order valence-electron chi connectivity index (χ4n) is 3.15. The molecule has 0 radical (unpaired) electrons. The van der Waals surface area contributed by atoms with Gasteiger partial charge in [0.2, 0.25) is 5.91 Å². The number of pyridine rings is 1. The van der Waals surface area contributed by atoms with Gasteiger partial charge in [0, 0.05) is 30.1 Å². The largest absolute Gasteiger partial charge is 0.489 e. The molecule has 1 N–H and O–H groups in total. The van der Waals surface area contributed by atoms with Gasteiger partial charge in [-0.1, -0.05) is 25.1 Å². The second-order valence-electron chi connectivity index (χ2n) is 7.02. The number of benzene rings is 1. The van der Waals surface area contributed by atoms with Crippen LogP contribution in [0, 0.1) is 5.92 Å². The van der Waals surface area contributed by atoms with Crippen molar-refractivity contribution in [2.24, 2.45) is 5.92 Å². The lowest BCUT2D eigenvalue weighted by Crippen LogP contribution is -2.36. The van der Waals surface area contributed by atoms with Gasteiger partial charge in [-0.15, -0.1) is 0 Å². The number of amides is 1. The van der Waals surface area contributed by atoms with E-state index in [-0.39, 0.29) is 5.91 Å². The van der Waals surface area contributed by atoms with Crippen LogP contribution < -0.4 is 10.1 Å². The molecule has 26 heavy (non-hydrogen) atoms. The van der Waals surface area contributed by atoms with Crippen LogP contribution in [0.2, 0.25) is 0 Å². The van der Waals surface area contributed by atoms with Gasteiger partial charge >= 0.3 is 0 Å². The summed E-state index contributed by atoms with van der Waals surface area (Å²) < 4.78 is 5.74. The van der Waals surface area contributed by atoms with Crippen LogP contribution in [0.25, 0.3) is 6.08 Å². The van der Waals surface area contributed by atoms with Gasteiger partial charge in [0.05, 0.1) is 0 Å². The molecule has 0 unspecified atom stereocenters. The molecular weight excluding hydrogens is 324 g/mol. The van der Waals surface area contributed by atoms with E-state index < -0.39 is 0 Å². The highest BCUT2D eigenvalue weighted by Gasteiger charge is 2.18. The van der Waals surface area contributed by atoms with E-state index in [4.69, 9.17) is 4.74 Å². The molecule has 0 aliphatic heterocycles. The first-order chi connectivity index (χ1) is 12.7. The molecule has 0 saturated heterocycles. The summed E-state index contributed by atoms with van der Waals surface area (Å²) in [7, 11) is 0. The van der Waals surface area contributed by atoms with E-state index in [0.717, 1.165) is 35.6 Å². The van der Waals surface area contributed by atoms with Gasteiger partial charge in [-0.2, -0.15) is 0 Å². The average Bonchev–Trinajstić information content (AvgIpc) is 2.68. The van der Waals surface area contributed by atoms with E-state index in [1.807, 2.05) is 42.5 Å². The molecule has 136 valence electrons. The number of nitrogens with one attached hydrogen (secondary N) is 1. The maximum atomic E-state index is 12.1. The molecule has 1 aliphatic carbocycles. The van der Waals surface area contributed by atoms with Crippen LogP contribution in [-0.4, -0.2) is 16.9 Å².